The first kappa shape index (κ1) is 47.3. The number of rotatable bonds is 14. The molecule has 0 bridgehead atoms. The number of hydrogen-bond donors (Lipinski definition) is 6. The van der Waals surface area contributed by atoms with E-state index in [9.17, 15) is 18.4 Å². The number of halogens is 4. The van der Waals surface area contributed by atoms with Gasteiger partial charge in [-0.3, -0.25) is 14.4 Å². The maximum atomic E-state index is 16.5. The minimum atomic E-state index is -1.68. The highest BCUT2D eigenvalue weighted by atomic mass is 19.1. The number of morpholine rings is 1. The van der Waals surface area contributed by atoms with Gasteiger partial charge in [-0.1, -0.05) is 0 Å². The number of hydrogen-bond acceptors (Lipinski definition) is 14. The molecule has 3 aliphatic rings. The maximum absolute atomic E-state index is 16.5. The molecule has 374 valence electrons. The van der Waals surface area contributed by atoms with Crippen molar-refractivity contribution in [3.8, 4) is 16.9 Å². The number of alkyl halides is 2. The van der Waals surface area contributed by atoms with Gasteiger partial charge < -0.3 is 34.9 Å². The number of ether oxygens (including phenoxy) is 4. The third kappa shape index (κ3) is 10.1. The summed E-state index contributed by atoms with van der Waals surface area (Å²) < 4.78 is 88.3. The molecule has 6 atom stereocenters. The molecule has 2 saturated heterocycles. The van der Waals surface area contributed by atoms with Crippen LogP contribution in [-0.2, 0) is 25.5 Å². The van der Waals surface area contributed by atoms with Gasteiger partial charge in [0.15, 0.2) is 23.7 Å². The number of aromatic nitrogens is 10. The van der Waals surface area contributed by atoms with E-state index in [1.807, 2.05) is 6.20 Å². The number of carbonyl (C=O) groups excluding carboxylic acids is 2. The Balaban J connectivity index is 1.03. The smallest absolute Gasteiger partial charge is 0.407 e. The fourth-order valence-electron chi connectivity index (χ4n) is 8.99. The lowest BCUT2D eigenvalue weighted by Gasteiger charge is -2.25. The molecule has 6 aromatic heterocycles. The number of imidazole rings is 2. The Hall–Kier alpha value is -7.38. The van der Waals surface area contributed by atoms with Crippen molar-refractivity contribution >= 4 is 47.0 Å². The lowest BCUT2D eigenvalue weighted by molar-refractivity contribution is -0.640. The second-order valence-corrected chi connectivity index (χ2v) is 18.3. The van der Waals surface area contributed by atoms with E-state index in [1.54, 1.807) is 78.0 Å². The first-order valence-corrected chi connectivity index (χ1v) is 23.3. The van der Waals surface area contributed by atoms with Gasteiger partial charge >= 0.3 is 24.0 Å². The van der Waals surface area contributed by atoms with E-state index in [-0.39, 0.29) is 54.1 Å². The lowest BCUT2D eigenvalue weighted by atomic mass is 10.0. The molecule has 2 aliphatic heterocycles. The molecular formula is C46H52F4N15O6+. The molecule has 21 nitrogen and oxygen atoms in total. The number of carbonyl (C=O) groups is 2. The first-order valence-electron chi connectivity index (χ1n) is 23.3. The van der Waals surface area contributed by atoms with Crippen LogP contribution in [0, 0.1) is 11.6 Å². The maximum Gasteiger partial charge on any atom is 0.407 e. The van der Waals surface area contributed by atoms with Crippen molar-refractivity contribution in [1.29, 1.82) is 0 Å². The van der Waals surface area contributed by atoms with Crippen molar-refractivity contribution in [1.82, 2.24) is 59.6 Å². The molecule has 3 fully saturated rings. The average molecular weight is 987 g/mol. The molecule has 1 aliphatic carbocycles. The Morgan fingerprint density at radius 1 is 0.859 bits per heavy atom. The zero-order valence-electron chi connectivity index (χ0n) is 39.0. The summed E-state index contributed by atoms with van der Waals surface area (Å²) in [4.78, 5) is 46.2. The molecule has 6 N–H and O–H groups in total. The zero-order valence-corrected chi connectivity index (χ0v) is 39.0. The van der Waals surface area contributed by atoms with Gasteiger partial charge in [-0.05, 0) is 52.7 Å². The van der Waals surface area contributed by atoms with Gasteiger partial charge in [0.05, 0.1) is 54.9 Å². The third-order valence-corrected chi connectivity index (χ3v) is 12.3. The number of alkyl carbamates (subject to hydrolysis) is 2. The van der Waals surface area contributed by atoms with Crippen LogP contribution < -0.4 is 25.9 Å². The Kier molecular flexibility index (Phi) is 13.2. The summed E-state index contributed by atoms with van der Waals surface area (Å²) in [7, 11) is 0. The Morgan fingerprint density at radius 2 is 1.61 bits per heavy atom. The van der Waals surface area contributed by atoms with Crippen LogP contribution in [0.3, 0.4) is 0 Å². The molecule has 8 heterocycles. The fourth-order valence-corrected chi connectivity index (χ4v) is 8.99. The van der Waals surface area contributed by atoms with E-state index in [2.05, 4.69) is 46.4 Å². The summed E-state index contributed by atoms with van der Waals surface area (Å²) in [5.74, 6) is -1.25. The molecule has 7 aromatic rings. The van der Waals surface area contributed by atoms with E-state index in [0.29, 0.717) is 79.2 Å². The highest BCUT2D eigenvalue weighted by Gasteiger charge is 2.44. The Bertz CT molecular complexity index is 3040. The highest BCUT2D eigenvalue weighted by molar-refractivity contribution is 5.69. The van der Waals surface area contributed by atoms with Gasteiger partial charge in [-0.2, -0.15) is 10.1 Å². The van der Waals surface area contributed by atoms with Crippen LogP contribution in [0.15, 0.2) is 61.2 Å². The number of aromatic amines is 2. The van der Waals surface area contributed by atoms with Gasteiger partial charge in [0.1, 0.15) is 35.7 Å². The number of nitrogens with one attached hydrogen (secondary N) is 6. The van der Waals surface area contributed by atoms with E-state index in [1.165, 1.54) is 12.1 Å². The summed E-state index contributed by atoms with van der Waals surface area (Å²) in [6, 6.07) is 7.58. The van der Waals surface area contributed by atoms with Crippen molar-refractivity contribution in [3.05, 3.63) is 89.9 Å². The minimum Gasteiger partial charge on any atom is -0.443 e. The summed E-state index contributed by atoms with van der Waals surface area (Å²) in [5.41, 5.74) is 3.01. The number of benzene rings is 1. The quantitative estimate of drug-likeness (QED) is 0.0543. The van der Waals surface area contributed by atoms with E-state index < -0.39 is 60.4 Å². The predicted octanol–water partition coefficient (Wildman–Crippen LogP) is 6.00. The summed E-state index contributed by atoms with van der Waals surface area (Å²) >= 11 is 0. The number of nitrogens with zero attached hydrogens (tertiary/aromatic N) is 9. The predicted molar refractivity (Wildman–Crippen MR) is 246 cm³/mol. The number of anilines is 4. The lowest BCUT2D eigenvalue weighted by Crippen LogP contribution is -2.37. The molecule has 71 heavy (non-hydrogen) atoms. The monoisotopic (exact) mass is 986 g/mol. The van der Waals surface area contributed by atoms with E-state index in [0.717, 1.165) is 6.07 Å². The molecule has 0 radical (unpaired) electrons. The summed E-state index contributed by atoms with van der Waals surface area (Å²) in [6.45, 7) is 9.88. The van der Waals surface area contributed by atoms with Gasteiger partial charge in [0.25, 0.3) is 0 Å². The van der Waals surface area contributed by atoms with Crippen LogP contribution >= 0.6 is 0 Å². The molecule has 1 aromatic carbocycles. The molecule has 1 saturated carbocycles. The number of amides is 2. The highest BCUT2D eigenvalue weighted by Crippen LogP contribution is 2.39. The fraction of sp³-hybridized carbons (Fsp3) is 0.435. The summed E-state index contributed by atoms with van der Waals surface area (Å²) in [6.07, 6.45) is -0.781. The van der Waals surface area contributed by atoms with Crippen molar-refractivity contribution in [2.45, 2.75) is 95.7 Å². The van der Waals surface area contributed by atoms with Crippen LogP contribution in [0.5, 0.6) is 0 Å². The first-order chi connectivity index (χ1) is 34.2. The van der Waals surface area contributed by atoms with Gasteiger partial charge in [0.2, 0.25) is 11.6 Å². The summed E-state index contributed by atoms with van der Waals surface area (Å²) in [5, 5.41) is 22.4. The van der Waals surface area contributed by atoms with Crippen molar-refractivity contribution in [3.63, 3.8) is 0 Å². The Labute approximate surface area is 402 Å². The molecule has 2 amide bonds. The second-order valence-electron chi connectivity index (χ2n) is 18.3. The SMILES string of the molecule is CC(C)NC(=O)O[C@H]1CC[C@@H](c2cc(Nc3nc(-c4cc(F)cc(F)c4)cc4nccn34)[n+](-c3cnc(Nc4cc([C@H]5OC[C@@H](OC(=O)NC(C)C)[C@H]5F)[nH]n4)n4cc(CN5CCOCC5)nc34)[nH]2)[C@H]1F. The number of fused-ring (bicyclic) bond motifs is 2. The van der Waals surface area contributed by atoms with E-state index in [4.69, 9.17) is 33.9 Å². The van der Waals surface area contributed by atoms with Gasteiger partial charge in [-0.15, -0.1) is 4.68 Å². The standard InChI is InChI=1S/C46H51F4N15O6/c1-23(2)53-45(66)70-34-6-5-29(39(34)49)31-18-38(58-44-56-30(17-37-51-7-8-63(37)44)25-13-26(47)15-27(48)14-25)65(61-31)33-19-52-43(64-21-28(55-42(33)64)20-62-9-11-68-12-10-62)57-36-16-32(59-60-36)41-40(50)35(22-69-41)71-46(67)54-24(3)4/h7-8,13-19,21,23-24,29,34-35,39-41H,5-6,9-12,20,22H2,1-4H3,(H5,51,52,53,54,55,56,57,58,59,60,61,66,67)/p+1/t29-,34-,35+,39+,40+,41+/m0/s1. The topological polar surface area (TPSA) is 231 Å². The Morgan fingerprint density at radius 3 is 2.35 bits per heavy atom. The van der Waals surface area contributed by atoms with Crippen LogP contribution in [-0.4, -0.2) is 131 Å². The molecular weight excluding hydrogens is 935 g/mol. The zero-order chi connectivity index (χ0) is 49.5. The molecule has 25 heteroatoms. The van der Waals surface area contributed by atoms with Crippen molar-refractivity contribution in [2.24, 2.45) is 0 Å². The van der Waals surface area contributed by atoms with Crippen molar-refractivity contribution in [2.75, 3.05) is 43.5 Å². The van der Waals surface area contributed by atoms with E-state index >= 15 is 8.78 Å². The van der Waals surface area contributed by atoms with Crippen LogP contribution in [0.2, 0.25) is 0 Å². The number of H-pyrrole nitrogens is 2. The average Bonchev–Trinajstić information content (AvgIpc) is 4.20. The van der Waals surface area contributed by atoms with Crippen LogP contribution in [0.1, 0.15) is 69.6 Å². The van der Waals surface area contributed by atoms with Gasteiger partial charge in [-0.25, -0.2) is 56.9 Å². The minimum absolute atomic E-state index is 0.156. The molecule has 0 unspecified atom stereocenters. The third-order valence-electron chi connectivity index (χ3n) is 12.3. The normalized spacial score (nSPS) is 21.7. The van der Waals surface area contributed by atoms with Crippen molar-refractivity contribution < 1.29 is 50.8 Å². The molecule has 10 rings (SSSR count). The van der Waals surface area contributed by atoms with Crippen LogP contribution in [0.25, 0.3) is 28.2 Å². The largest absolute Gasteiger partial charge is 0.443 e. The van der Waals surface area contributed by atoms with Crippen LogP contribution in [0.4, 0.5) is 50.7 Å². The van der Waals surface area contributed by atoms with Gasteiger partial charge in [0, 0.05) is 80.0 Å². The molecule has 0 spiro atoms. The second kappa shape index (κ2) is 19.8.